The minimum atomic E-state index is -1.97. The Bertz CT molecular complexity index is 185. The van der Waals surface area contributed by atoms with Crippen molar-refractivity contribution in [2.75, 3.05) is 0 Å². The van der Waals surface area contributed by atoms with Gasteiger partial charge in [-0.3, -0.25) is 0 Å². The van der Waals surface area contributed by atoms with Gasteiger partial charge in [-0.25, -0.2) is 4.79 Å². The Morgan fingerprint density at radius 2 is 1.62 bits per heavy atom. The van der Waals surface area contributed by atoms with Gasteiger partial charge in [0.1, 0.15) is 5.76 Å². The van der Waals surface area contributed by atoms with E-state index in [4.69, 9.17) is 25.2 Å². The second kappa shape index (κ2) is 7.19. The lowest BCUT2D eigenvalue weighted by Gasteiger charge is -2.02. The second-order valence-corrected chi connectivity index (χ2v) is 1.96. The highest BCUT2D eigenvalue weighted by atomic mass is 16.5. The van der Waals surface area contributed by atoms with Gasteiger partial charge in [0.15, 0.2) is 5.76 Å². The topological polar surface area (TPSA) is 150 Å². The summed E-state index contributed by atoms with van der Waals surface area (Å²) in [5, 5.41) is 33.6. The zero-order valence-electron chi connectivity index (χ0n) is 7.14. The van der Waals surface area contributed by atoms with E-state index in [1.807, 2.05) is 0 Å². The Balaban J connectivity index is 0. The van der Waals surface area contributed by atoms with Crippen molar-refractivity contribution in [1.29, 1.82) is 0 Å². The summed E-state index contributed by atoms with van der Waals surface area (Å²) < 4.78 is 0. The van der Waals surface area contributed by atoms with Crippen LogP contribution in [0.1, 0.15) is 13.3 Å². The van der Waals surface area contributed by atoms with Gasteiger partial charge in [-0.1, -0.05) is 6.92 Å². The van der Waals surface area contributed by atoms with Crippen LogP contribution in [-0.4, -0.2) is 32.7 Å². The van der Waals surface area contributed by atoms with Crippen molar-refractivity contribution in [3.8, 4) is 0 Å². The van der Waals surface area contributed by atoms with Crippen molar-refractivity contribution < 1.29 is 25.2 Å². The quantitative estimate of drug-likeness (QED) is 0.247. The first kappa shape index (κ1) is 14.1. The molecular formula is C6H14N2O5. The van der Waals surface area contributed by atoms with E-state index in [-0.39, 0.29) is 6.42 Å². The molecule has 0 aliphatic heterocycles. The van der Waals surface area contributed by atoms with E-state index in [2.05, 4.69) is 11.5 Å². The fourth-order valence-corrected chi connectivity index (χ4v) is 0.330. The number of hydrogen-bond acceptors (Lipinski definition) is 5. The third-order valence-electron chi connectivity index (χ3n) is 0.875. The zero-order chi connectivity index (χ0) is 11.0. The van der Waals surface area contributed by atoms with Gasteiger partial charge in [-0.15, -0.1) is 0 Å². The van der Waals surface area contributed by atoms with Crippen LogP contribution >= 0.6 is 0 Å². The number of carbonyl (C=O) groups is 1. The largest absolute Gasteiger partial charge is 0.509 e. The van der Waals surface area contributed by atoms with Gasteiger partial charge in [0.05, 0.1) is 0 Å². The number of allylic oxidation sites excluding steroid dienone is 1. The summed E-state index contributed by atoms with van der Waals surface area (Å²) in [4.78, 5) is 9.00. The fourth-order valence-electron chi connectivity index (χ4n) is 0.330. The molecule has 0 saturated heterocycles. The summed E-state index contributed by atoms with van der Waals surface area (Å²) in [5.41, 5.74) is 8.50. The summed E-state index contributed by atoms with van der Waals surface area (Å²) in [6, 6.07) is -0.833. The Morgan fingerprint density at radius 3 is 1.69 bits per heavy atom. The molecule has 78 valence electrons. The first-order chi connectivity index (χ1) is 5.82. The van der Waals surface area contributed by atoms with E-state index in [0.29, 0.717) is 0 Å². The molecule has 7 heteroatoms. The highest BCUT2D eigenvalue weighted by Gasteiger charge is 2.08. The number of aliphatic hydroxyl groups is 4. The average molecular weight is 194 g/mol. The molecule has 0 aromatic carbocycles. The van der Waals surface area contributed by atoms with Crippen molar-refractivity contribution in [3.05, 3.63) is 11.5 Å². The lowest BCUT2D eigenvalue weighted by Crippen LogP contribution is -2.18. The summed E-state index contributed by atoms with van der Waals surface area (Å²) >= 11 is 0. The molecule has 0 atom stereocenters. The number of primary amides is 2. The summed E-state index contributed by atoms with van der Waals surface area (Å²) in [6.07, 6.45) is -1.78. The number of rotatable bonds is 2. The van der Waals surface area contributed by atoms with E-state index in [1.165, 1.54) is 0 Å². The lowest BCUT2D eigenvalue weighted by molar-refractivity contribution is -0.0420. The van der Waals surface area contributed by atoms with E-state index in [0.717, 1.165) is 0 Å². The molecular weight excluding hydrogens is 180 g/mol. The number of amides is 2. The molecule has 0 aliphatic carbocycles. The number of hydrogen-bond donors (Lipinski definition) is 6. The van der Waals surface area contributed by atoms with Crippen molar-refractivity contribution in [3.63, 3.8) is 0 Å². The molecule has 0 fully saturated rings. The SMILES string of the molecule is CCC(O)=C(O)C(O)O.NC(N)=O. The first-order valence-electron chi connectivity index (χ1n) is 3.34. The molecule has 0 spiro atoms. The van der Waals surface area contributed by atoms with Crippen molar-refractivity contribution in [1.82, 2.24) is 0 Å². The molecule has 0 rings (SSSR count). The van der Waals surface area contributed by atoms with E-state index < -0.39 is 23.8 Å². The molecule has 0 aliphatic rings. The zero-order valence-corrected chi connectivity index (χ0v) is 7.14. The fraction of sp³-hybridized carbons (Fsp3) is 0.500. The molecule has 0 bridgehead atoms. The minimum absolute atomic E-state index is 0.184. The van der Waals surface area contributed by atoms with Crippen molar-refractivity contribution in [2.24, 2.45) is 11.5 Å². The molecule has 0 saturated carbocycles. The third kappa shape index (κ3) is 10.5. The van der Waals surface area contributed by atoms with Crippen LogP contribution in [0.25, 0.3) is 0 Å². The molecule has 0 unspecified atom stereocenters. The summed E-state index contributed by atoms with van der Waals surface area (Å²) in [7, 11) is 0. The standard InChI is InChI=1S/C5H10O4.CH4N2O/c1-2-3(6)4(7)5(8)9;2-1(3)4/h5-9H,2H2,1H3;(H4,2,3,4). The van der Waals surface area contributed by atoms with Crippen LogP contribution < -0.4 is 11.5 Å². The van der Waals surface area contributed by atoms with Crippen LogP contribution in [0.4, 0.5) is 4.79 Å². The average Bonchev–Trinajstić information content (AvgIpc) is 2.00. The molecule has 8 N–H and O–H groups in total. The number of urea groups is 1. The Kier molecular flexibility index (Phi) is 7.79. The predicted molar refractivity (Wildman–Crippen MR) is 44.6 cm³/mol. The number of nitrogens with two attached hydrogens (primary N) is 2. The highest BCUT2D eigenvalue weighted by molar-refractivity contribution is 5.69. The van der Waals surface area contributed by atoms with Gasteiger partial charge < -0.3 is 31.9 Å². The molecule has 7 nitrogen and oxygen atoms in total. The molecule has 0 heterocycles. The van der Waals surface area contributed by atoms with Crippen LogP contribution in [0.15, 0.2) is 11.5 Å². The Hall–Kier alpha value is -1.47. The maximum absolute atomic E-state index is 9.00. The van der Waals surface area contributed by atoms with Crippen LogP contribution in [0.3, 0.4) is 0 Å². The summed E-state index contributed by atoms with van der Waals surface area (Å²) in [6.45, 7) is 1.58. The van der Waals surface area contributed by atoms with Crippen LogP contribution in [0.5, 0.6) is 0 Å². The maximum atomic E-state index is 9.00. The number of aliphatic hydroxyl groups excluding tert-OH is 3. The maximum Gasteiger partial charge on any atom is 0.309 e. The molecule has 2 amide bonds. The van der Waals surface area contributed by atoms with Gasteiger partial charge in [0.2, 0.25) is 6.29 Å². The van der Waals surface area contributed by atoms with Crippen LogP contribution in [-0.2, 0) is 0 Å². The van der Waals surface area contributed by atoms with Crippen LogP contribution in [0, 0.1) is 0 Å². The second-order valence-electron chi connectivity index (χ2n) is 1.96. The third-order valence-corrected chi connectivity index (χ3v) is 0.875. The Labute approximate surface area is 74.9 Å². The summed E-state index contributed by atoms with van der Waals surface area (Å²) in [5.74, 6) is -1.18. The monoisotopic (exact) mass is 194 g/mol. The number of carbonyl (C=O) groups excluding carboxylic acids is 1. The van der Waals surface area contributed by atoms with Gasteiger partial charge in [-0.05, 0) is 0 Å². The minimum Gasteiger partial charge on any atom is -0.509 e. The predicted octanol–water partition coefficient (Wildman–Crippen LogP) is -0.941. The van der Waals surface area contributed by atoms with Gasteiger partial charge in [-0.2, -0.15) is 0 Å². The molecule has 13 heavy (non-hydrogen) atoms. The molecule has 0 aromatic heterocycles. The highest BCUT2D eigenvalue weighted by Crippen LogP contribution is 2.03. The van der Waals surface area contributed by atoms with E-state index in [1.54, 1.807) is 6.92 Å². The first-order valence-corrected chi connectivity index (χ1v) is 3.34. The van der Waals surface area contributed by atoms with Crippen molar-refractivity contribution >= 4 is 6.03 Å². The normalized spacial score (nSPS) is 11.4. The molecule has 0 radical (unpaired) electrons. The Morgan fingerprint density at radius 1 is 1.31 bits per heavy atom. The van der Waals surface area contributed by atoms with Crippen molar-refractivity contribution in [2.45, 2.75) is 19.6 Å². The van der Waals surface area contributed by atoms with E-state index >= 15 is 0 Å². The lowest BCUT2D eigenvalue weighted by atomic mass is 10.3. The van der Waals surface area contributed by atoms with Gasteiger partial charge >= 0.3 is 6.03 Å². The van der Waals surface area contributed by atoms with E-state index in [9.17, 15) is 0 Å². The van der Waals surface area contributed by atoms with Gasteiger partial charge in [0.25, 0.3) is 0 Å². The van der Waals surface area contributed by atoms with Gasteiger partial charge in [0, 0.05) is 6.42 Å². The smallest absolute Gasteiger partial charge is 0.309 e. The van der Waals surface area contributed by atoms with Crippen LogP contribution in [0.2, 0.25) is 0 Å². The molecule has 0 aromatic rings.